The Morgan fingerprint density at radius 3 is 2.38 bits per heavy atom. The molecule has 1 amide bonds. The maximum absolute atomic E-state index is 13.0. The van der Waals surface area contributed by atoms with Crippen molar-refractivity contribution in [1.29, 1.82) is 0 Å². The second kappa shape index (κ2) is 9.54. The van der Waals surface area contributed by atoms with Gasteiger partial charge in [0.1, 0.15) is 5.82 Å². The highest BCUT2D eigenvalue weighted by molar-refractivity contribution is 6.02. The summed E-state index contributed by atoms with van der Waals surface area (Å²) in [5, 5.41) is 6.08. The Balaban J connectivity index is 1.52. The van der Waals surface area contributed by atoms with E-state index in [1.807, 2.05) is 36.2 Å². The second-order valence-corrected chi connectivity index (χ2v) is 6.51. The lowest BCUT2D eigenvalue weighted by atomic mass is 10.2. The number of anilines is 1. The quantitative estimate of drug-likeness (QED) is 0.492. The molecule has 0 atom stereocenters. The Kier molecular flexibility index (Phi) is 6.63. The summed E-state index contributed by atoms with van der Waals surface area (Å²) in [5.41, 5.74) is 2.72. The highest BCUT2D eigenvalue weighted by Gasteiger charge is 2.09. The van der Waals surface area contributed by atoms with Crippen molar-refractivity contribution in [3.05, 3.63) is 89.6 Å². The number of hydrogen-bond acceptors (Lipinski definition) is 3. The molecule has 3 rings (SSSR count). The van der Waals surface area contributed by atoms with Crippen LogP contribution in [0.5, 0.6) is 0 Å². The highest BCUT2D eigenvalue weighted by atomic mass is 19.1. The third kappa shape index (κ3) is 5.68. The largest absolute Gasteiger partial charge is 0.459 e. The van der Waals surface area contributed by atoms with Gasteiger partial charge >= 0.3 is 0 Å². The number of aliphatic imine (C=N–C) groups is 1. The van der Waals surface area contributed by atoms with E-state index >= 15 is 0 Å². The van der Waals surface area contributed by atoms with Crippen LogP contribution in [0.1, 0.15) is 21.7 Å². The maximum Gasteiger partial charge on any atom is 0.291 e. The first kappa shape index (κ1) is 20.1. The number of carbonyl (C=O) groups excluding carboxylic acids is 1. The van der Waals surface area contributed by atoms with Gasteiger partial charge in [0.25, 0.3) is 5.91 Å². The van der Waals surface area contributed by atoms with E-state index in [-0.39, 0.29) is 17.5 Å². The van der Waals surface area contributed by atoms with E-state index in [1.165, 1.54) is 18.4 Å². The number of guanidine groups is 1. The Morgan fingerprint density at radius 2 is 1.76 bits per heavy atom. The normalized spacial score (nSPS) is 11.2. The fraction of sp³-hybridized carbons (Fsp3) is 0.182. The smallest absolute Gasteiger partial charge is 0.291 e. The molecule has 0 aliphatic heterocycles. The average Bonchev–Trinajstić information content (AvgIpc) is 3.26. The third-order valence-electron chi connectivity index (χ3n) is 4.31. The number of carbonyl (C=O) groups is 1. The summed E-state index contributed by atoms with van der Waals surface area (Å²) in [7, 11) is 3.64. The van der Waals surface area contributed by atoms with Crippen molar-refractivity contribution in [2.45, 2.75) is 13.1 Å². The molecule has 0 unspecified atom stereocenters. The van der Waals surface area contributed by atoms with Crippen molar-refractivity contribution in [2.24, 2.45) is 4.99 Å². The summed E-state index contributed by atoms with van der Waals surface area (Å²) in [6.45, 7) is 1.19. The lowest BCUT2D eigenvalue weighted by Crippen LogP contribution is -2.38. The van der Waals surface area contributed by atoms with Gasteiger partial charge in [-0.25, -0.2) is 4.39 Å². The van der Waals surface area contributed by atoms with Crippen LogP contribution in [0.3, 0.4) is 0 Å². The van der Waals surface area contributed by atoms with Crippen molar-refractivity contribution in [1.82, 2.24) is 10.2 Å². The molecule has 29 heavy (non-hydrogen) atoms. The Labute approximate surface area is 169 Å². The van der Waals surface area contributed by atoms with Gasteiger partial charge < -0.3 is 20.0 Å². The minimum absolute atomic E-state index is 0.247. The van der Waals surface area contributed by atoms with Crippen molar-refractivity contribution in [2.75, 3.05) is 19.4 Å². The molecule has 0 fully saturated rings. The summed E-state index contributed by atoms with van der Waals surface area (Å²) >= 11 is 0. The zero-order valence-electron chi connectivity index (χ0n) is 16.4. The fourth-order valence-electron chi connectivity index (χ4n) is 2.81. The van der Waals surface area contributed by atoms with Crippen molar-refractivity contribution >= 4 is 17.6 Å². The van der Waals surface area contributed by atoms with E-state index in [0.29, 0.717) is 18.8 Å². The van der Waals surface area contributed by atoms with Crippen LogP contribution < -0.4 is 10.6 Å². The predicted octanol–water partition coefficient (Wildman–Crippen LogP) is 3.88. The third-order valence-corrected chi connectivity index (χ3v) is 4.31. The van der Waals surface area contributed by atoms with Gasteiger partial charge in [0.15, 0.2) is 11.7 Å². The summed E-state index contributed by atoms with van der Waals surface area (Å²) < 4.78 is 18.1. The first-order valence-corrected chi connectivity index (χ1v) is 9.15. The monoisotopic (exact) mass is 394 g/mol. The molecule has 1 aromatic heterocycles. The molecule has 2 N–H and O–H groups in total. The van der Waals surface area contributed by atoms with Gasteiger partial charge in [0.2, 0.25) is 0 Å². The molecule has 0 saturated heterocycles. The summed E-state index contributed by atoms with van der Waals surface area (Å²) in [6.07, 6.45) is 1.46. The van der Waals surface area contributed by atoms with Gasteiger partial charge in [-0.05, 0) is 47.5 Å². The first-order chi connectivity index (χ1) is 14.0. The molecule has 0 aliphatic carbocycles. The van der Waals surface area contributed by atoms with Crippen LogP contribution in [0.25, 0.3) is 0 Å². The number of halogens is 1. The fourth-order valence-corrected chi connectivity index (χ4v) is 2.81. The SMILES string of the molecule is CN=C(NCc1ccc(NC(=O)c2ccco2)cc1)N(C)Cc1ccc(F)cc1. The number of nitrogens with one attached hydrogen (secondary N) is 2. The van der Waals surface area contributed by atoms with Gasteiger partial charge in [-0.15, -0.1) is 0 Å². The number of furan rings is 1. The van der Waals surface area contributed by atoms with Gasteiger partial charge in [-0.1, -0.05) is 24.3 Å². The molecule has 1 heterocycles. The van der Waals surface area contributed by atoms with E-state index in [4.69, 9.17) is 4.42 Å². The second-order valence-electron chi connectivity index (χ2n) is 6.51. The van der Waals surface area contributed by atoms with Gasteiger partial charge in [0, 0.05) is 32.9 Å². The number of amides is 1. The van der Waals surface area contributed by atoms with Gasteiger partial charge in [-0.2, -0.15) is 0 Å². The average molecular weight is 394 g/mol. The van der Waals surface area contributed by atoms with Crippen LogP contribution in [0.2, 0.25) is 0 Å². The topological polar surface area (TPSA) is 69.9 Å². The maximum atomic E-state index is 13.0. The summed E-state index contributed by atoms with van der Waals surface area (Å²) in [4.78, 5) is 18.3. The number of rotatable bonds is 6. The molecule has 3 aromatic rings. The van der Waals surface area contributed by atoms with E-state index in [2.05, 4.69) is 15.6 Å². The minimum Gasteiger partial charge on any atom is -0.459 e. The molecular formula is C22H23FN4O2. The van der Waals surface area contributed by atoms with Crippen molar-refractivity contribution in [3.8, 4) is 0 Å². The van der Waals surface area contributed by atoms with Crippen LogP contribution >= 0.6 is 0 Å². The first-order valence-electron chi connectivity index (χ1n) is 9.15. The molecule has 150 valence electrons. The lowest BCUT2D eigenvalue weighted by molar-refractivity contribution is 0.0996. The molecule has 6 nitrogen and oxygen atoms in total. The van der Waals surface area contributed by atoms with Gasteiger partial charge in [0.05, 0.1) is 6.26 Å². The van der Waals surface area contributed by atoms with Crippen LogP contribution in [0.15, 0.2) is 76.3 Å². The lowest BCUT2D eigenvalue weighted by Gasteiger charge is -2.22. The standard InChI is InChI=1S/C22H23FN4O2/c1-24-22(27(2)15-17-5-9-18(23)10-6-17)25-14-16-7-11-19(12-8-16)26-21(28)20-4-3-13-29-20/h3-13H,14-15H2,1-2H3,(H,24,25)(H,26,28). The van der Waals surface area contributed by atoms with Gasteiger partial charge in [-0.3, -0.25) is 9.79 Å². The molecular weight excluding hydrogens is 371 g/mol. The summed E-state index contributed by atoms with van der Waals surface area (Å²) in [6, 6.07) is 17.2. The Hall–Kier alpha value is -3.61. The zero-order valence-corrected chi connectivity index (χ0v) is 16.4. The summed E-state index contributed by atoms with van der Waals surface area (Å²) in [5.74, 6) is 0.458. The number of hydrogen-bond donors (Lipinski definition) is 2. The van der Waals surface area contributed by atoms with Crippen LogP contribution in [0, 0.1) is 5.82 Å². The molecule has 0 radical (unpaired) electrons. The molecule has 0 bridgehead atoms. The van der Waals surface area contributed by atoms with Crippen molar-refractivity contribution < 1.29 is 13.6 Å². The van der Waals surface area contributed by atoms with Crippen molar-refractivity contribution in [3.63, 3.8) is 0 Å². The Morgan fingerprint density at radius 1 is 1.07 bits per heavy atom. The molecule has 0 saturated carbocycles. The number of benzene rings is 2. The van der Waals surface area contributed by atoms with E-state index in [0.717, 1.165) is 17.1 Å². The van der Waals surface area contributed by atoms with Crippen LogP contribution in [-0.4, -0.2) is 30.9 Å². The molecule has 2 aromatic carbocycles. The van der Waals surface area contributed by atoms with E-state index < -0.39 is 0 Å². The number of nitrogens with zero attached hydrogens (tertiary/aromatic N) is 2. The molecule has 0 spiro atoms. The minimum atomic E-state index is -0.288. The zero-order chi connectivity index (χ0) is 20.6. The predicted molar refractivity (Wildman–Crippen MR) is 111 cm³/mol. The van der Waals surface area contributed by atoms with Crippen LogP contribution in [0.4, 0.5) is 10.1 Å². The van der Waals surface area contributed by atoms with Crippen LogP contribution in [-0.2, 0) is 13.1 Å². The van der Waals surface area contributed by atoms with E-state index in [9.17, 15) is 9.18 Å². The molecule has 7 heteroatoms. The van der Waals surface area contributed by atoms with E-state index in [1.54, 1.807) is 31.3 Å². The Bertz CT molecular complexity index is 951. The highest BCUT2D eigenvalue weighted by Crippen LogP contribution is 2.12. The molecule has 0 aliphatic rings.